The van der Waals surface area contributed by atoms with E-state index < -0.39 is 5.89 Å². The van der Waals surface area contributed by atoms with Gasteiger partial charge >= 0.3 is 0 Å². The molecule has 0 N–H and O–H groups in total. The molecule has 0 atom stereocenters. The van der Waals surface area contributed by atoms with Crippen LogP contribution < -0.4 is 0 Å². The molecule has 0 aromatic rings. The van der Waals surface area contributed by atoms with Crippen molar-refractivity contribution >= 4 is 0 Å². The summed E-state index contributed by atoms with van der Waals surface area (Å²) in [5.74, 6) is 0.0833. The van der Waals surface area contributed by atoms with E-state index in [1.807, 2.05) is 13.8 Å². The van der Waals surface area contributed by atoms with Gasteiger partial charge in [-0.2, -0.15) is 0 Å². The summed E-state index contributed by atoms with van der Waals surface area (Å²) in [5.41, 5.74) is 2.55. The third-order valence-electron chi connectivity index (χ3n) is 1.65. The van der Waals surface area contributed by atoms with E-state index in [1.165, 1.54) is 11.1 Å². The monoisotopic (exact) mass is 141 g/mol. The third-order valence-corrected chi connectivity index (χ3v) is 1.65. The minimum atomic E-state index is -0.410. The largest absolute Gasteiger partial charge is 0.0767 e. The molecule has 0 aromatic carbocycles. The van der Waals surface area contributed by atoms with Gasteiger partial charge in [-0.1, -0.05) is 38.8 Å². The summed E-state index contributed by atoms with van der Waals surface area (Å²) < 4.78 is 7.89. The molecule has 0 nitrogen and oxygen atoms in total. The zero-order valence-corrected chi connectivity index (χ0v) is 8.08. The van der Waals surface area contributed by atoms with Crippen LogP contribution in [0.1, 0.15) is 42.9 Å². The average Bonchev–Trinajstić information content (AvgIpc) is 1.54. The molecule has 0 amide bonds. The van der Waals surface area contributed by atoms with Crippen LogP contribution in [0.4, 0.5) is 0 Å². The summed E-state index contributed by atoms with van der Waals surface area (Å²) in [6.07, 6.45) is 0. The van der Waals surface area contributed by atoms with Crippen molar-refractivity contribution in [3.8, 4) is 0 Å². The smallest absolute Gasteiger partial charge is 0.0343 e. The van der Waals surface area contributed by atoms with Gasteiger partial charge in [0.15, 0.2) is 0 Å². The molecular formula is C10H20. The number of rotatable bonds is 2. The van der Waals surface area contributed by atoms with Gasteiger partial charge in [-0.3, -0.25) is 0 Å². The number of hydrogen-bond donors (Lipinski definition) is 0. The van der Waals surface area contributed by atoms with E-state index in [1.54, 1.807) is 0 Å². The van der Waals surface area contributed by atoms with E-state index in [4.69, 9.17) is 1.37 Å². The molecule has 0 saturated heterocycles. The van der Waals surface area contributed by atoms with Gasteiger partial charge in [-0.05, 0) is 25.7 Å². The van der Waals surface area contributed by atoms with Gasteiger partial charge in [0.05, 0.1) is 0 Å². The van der Waals surface area contributed by atoms with E-state index >= 15 is 0 Å². The maximum absolute atomic E-state index is 7.89. The van der Waals surface area contributed by atoms with E-state index in [9.17, 15) is 0 Å². The molecule has 0 aliphatic rings. The summed E-state index contributed by atoms with van der Waals surface area (Å²) in [6, 6.07) is 0. The molecular weight excluding hydrogens is 120 g/mol. The molecule has 0 rings (SSSR count). The molecule has 10 heavy (non-hydrogen) atoms. The Hall–Kier alpha value is -0.260. The summed E-state index contributed by atoms with van der Waals surface area (Å²) in [7, 11) is 0. The number of allylic oxidation sites excluding steroid dienone is 2. The van der Waals surface area contributed by atoms with Crippen LogP contribution in [0.3, 0.4) is 0 Å². The van der Waals surface area contributed by atoms with Crippen LogP contribution in [0.2, 0.25) is 0 Å². The SMILES string of the molecule is [2H]C(C)(C)C(=C(C)C)C(C)C. The van der Waals surface area contributed by atoms with Gasteiger partial charge in [-0.25, -0.2) is 0 Å². The molecule has 0 saturated carbocycles. The van der Waals surface area contributed by atoms with Crippen molar-refractivity contribution in [2.45, 2.75) is 41.5 Å². The Bertz CT molecular complexity index is 154. The first kappa shape index (κ1) is 7.84. The maximum atomic E-state index is 7.89. The molecule has 0 radical (unpaired) electrons. The van der Waals surface area contributed by atoms with Gasteiger partial charge in [0.25, 0.3) is 0 Å². The second kappa shape index (κ2) is 3.80. The molecule has 0 fully saturated rings. The lowest BCUT2D eigenvalue weighted by molar-refractivity contribution is 0.615. The summed E-state index contributed by atoms with van der Waals surface area (Å²) in [5, 5.41) is 0. The predicted octanol–water partition coefficient (Wildman–Crippen LogP) is 3.63. The van der Waals surface area contributed by atoms with Crippen molar-refractivity contribution in [3.05, 3.63) is 11.1 Å². The maximum Gasteiger partial charge on any atom is 0.0343 e. The van der Waals surface area contributed by atoms with Gasteiger partial charge in [0.1, 0.15) is 0 Å². The third kappa shape index (κ3) is 2.55. The summed E-state index contributed by atoms with van der Waals surface area (Å²) in [6.45, 7) is 12.4. The Balaban J connectivity index is 4.80. The van der Waals surface area contributed by atoms with Crippen molar-refractivity contribution in [1.82, 2.24) is 0 Å². The van der Waals surface area contributed by atoms with Crippen molar-refractivity contribution in [2.24, 2.45) is 11.8 Å². The Morgan fingerprint density at radius 1 is 1.10 bits per heavy atom. The van der Waals surface area contributed by atoms with Gasteiger partial charge in [-0.15, -0.1) is 0 Å². The Morgan fingerprint density at radius 2 is 1.50 bits per heavy atom. The lowest BCUT2D eigenvalue weighted by Crippen LogP contribution is -2.03. The van der Waals surface area contributed by atoms with Crippen LogP contribution in [0.25, 0.3) is 0 Å². The van der Waals surface area contributed by atoms with Gasteiger partial charge in [0, 0.05) is 1.37 Å². The molecule has 0 bridgehead atoms. The fourth-order valence-corrected chi connectivity index (χ4v) is 1.65. The first-order valence-electron chi connectivity index (χ1n) is 4.44. The van der Waals surface area contributed by atoms with Crippen LogP contribution in [-0.4, -0.2) is 0 Å². The van der Waals surface area contributed by atoms with Crippen molar-refractivity contribution < 1.29 is 1.37 Å². The molecule has 0 aliphatic heterocycles. The highest BCUT2D eigenvalue weighted by atomic mass is 14.1. The second-order valence-electron chi connectivity index (χ2n) is 3.57. The molecule has 0 aliphatic carbocycles. The molecule has 0 heterocycles. The van der Waals surface area contributed by atoms with E-state index in [2.05, 4.69) is 27.7 Å². The fraction of sp³-hybridized carbons (Fsp3) is 0.800. The van der Waals surface area contributed by atoms with Crippen LogP contribution in [0, 0.1) is 11.8 Å². The Kier molecular flexibility index (Phi) is 2.98. The topological polar surface area (TPSA) is 0 Å². The molecule has 0 heteroatoms. The second-order valence-corrected chi connectivity index (χ2v) is 3.57. The highest BCUT2D eigenvalue weighted by Crippen LogP contribution is 2.22. The highest BCUT2D eigenvalue weighted by Gasteiger charge is 2.08. The lowest BCUT2D eigenvalue weighted by Gasteiger charge is -2.17. The van der Waals surface area contributed by atoms with Crippen LogP contribution >= 0.6 is 0 Å². The van der Waals surface area contributed by atoms with E-state index in [0.29, 0.717) is 5.92 Å². The Labute approximate surface area is 66.7 Å². The van der Waals surface area contributed by atoms with Crippen LogP contribution in [-0.2, 0) is 0 Å². The zero-order valence-electron chi connectivity index (χ0n) is 9.08. The average molecular weight is 141 g/mol. The predicted molar refractivity (Wildman–Crippen MR) is 48.1 cm³/mol. The van der Waals surface area contributed by atoms with Crippen LogP contribution in [0.5, 0.6) is 0 Å². The zero-order chi connectivity index (χ0) is 9.23. The number of hydrogen-bond acceptors (Lipinski definition) is 0. The minimum Gasteiger partial charge on any atom is -0.0767 e. The van der Waals surface area contributed by atoms with Crippen molar-refractivity contribution in [3.63, 3.8) is 0 Å². The minimum absolute atomic E-state index is 0.410. The first-order valence-corrected chi connectivity index (χ1v) is 3.94. The first-order chi connectivity index (χ1) is 4.76. The molecule has 0 spiro atoms. The summed E-state index contributed by atoms with van der Waals surface area (Å²) in [4.78, 5) is 0. The van der Waals surface area contributed by atoms with E-state index in [-0.39, 0.29) is 0 Å². The normalized spacial score (nSPS) is 13.3. The Morgan fingerprint density at radius 3 is 1.50 bits per heavy atom. The lowest BCUT2D eigenvalue weighted by atomic mass is 9.89. The van der Waals surface area contributed by atoms with Crippen LogP contribution in [0.15, 0.2) is 11.1 Å². The standard InChI is InChI=1S/C10H20/c1-7(2)10(8(3)4)9(5)6/h7-8H,1-6H3/i7D. The summed E-state index contributed by atoms with van der Waals surface area (Å²) >= 11 is 0. The quantitative estimate of drug-likeness (QED) is 0.515. The van der Waals surface area contributed by atoms with E-state index in [0.717, 1.165) is 0 Å². The highest BCUT2D eigenvalue weighted by molar-refractivity contribution is 5.13. The van der Waals surface area contributed by atoms with Gasteiger partial charge < -0.3 is 0 Å². The molecule has 0 aromatic heterocycles. The molecule has 0 unspecified atom stereocenters. The fourth-order valence-electron chi connectivity index (χ4n) is 1.65. The van der Waals surface area contributed by atoms with Crippen molar-refractivity contribution in [1.29, 1.82) is 0 Å². The van der Waals surface area contributed by atoms with Gasteiger partial charge in [0.2, 0.25) is 0 Å². The molecule has 60 valence electrons. The van der Waals surface area contributed by atoms with Crippen molar-refractivity contribution in [2.75, 3.05) is 0 Å².